The van der Waals surface area contributed by atoms with Crippen LogP contribution in [-0.4, -0.2) is 35.0 Å². The Morgan fingerprint density at radius 2 is 2.03 bits per heavy atom. The Morgan fingerprint density at radius 1 is 1.12 bits per heavy atom. The second kappa shape index (κ2) is 9.39. The lowest BCUT2D eigenvalue weighted by atomic mass is 10.0. The second-order valence-corrected chi connectivity index (χ2v) is 9.14. The molecule has 0 spiro atoms. The molecule has 3 heterocycles. The molecule has 2 aromatic carbocycles. The molecule has 33 heavy (non-hydrogen) atoms. The number of pyridine rings is 2. The summed E-state index contributed by atoms with van der Waals surface area (Å²) in [6.45, 7) is 3.25. The van der Waals surface area contributed by atoms with E-state index >= 15 is 0 Å². The Labute approximate surface area is 201 Å². The van der Waals surface area contributed by atoms with Gasteiger partial charge in [0.2, 0.25) is 0 Å². The Bertz CT molecular complexity index is 1340. The predicted molar refractivity (Wildman–Crippen MR) is 135 cm³/mol. The number of hydrogen-bond acceptors (Lipinski definition) is 6. The van der Waals surface area contributed by atoms with Gasteiger partial charge in [0, 0.05) is 34.8 Å². The molecular weight excluding hydrogens is 456 g/mol. The molecule has 1 saturated heterocycles. The minimum absolute atomic E-state index is 0.267. The van der Waals surface area contributed by atoms with Crippen molar-refractivity contribution in [3.8, 4) is 11.3 Å². The molecule has 0 aliphatic carbocycles. The summed E-state index contributed by atoms with van der Waals surface area (Å²) in [5.41, 5.74) is 5.70. The zero-order chi connectivity index (χ0) is 22.8. The smallest absolute Gasteiger partial charge is 0.257 e. The third kappa shape index (κ3) is 4.53. The predicted octanol–water partition coefficient (Wildman–Crippen LogP) is 5.95. The maximum absolute atomic E-state index is 13.0. The van der Waals surface area contributed by atoms with Crippen molar-refractivity contribution in [2.75, 3.05) is 28.7 Å². The van der Waals surface area contributed by atoms with Crippen LogP contribution in [0.4, 0.5) is 11.4 Å². The number of carbonyl (C=O) groups excluding carboxylic acids is 1. The number of fused-ring (bicyclic) bond motifs is 1. The van der Waals surface area contributed by atoms with E-state index in [1.54, 1.807) is 36.5 Å². The van der Waals surface area contributed by atoms with Gasteiger partial charge in [-0.1, -0.05) is 17.7 Å². The molecule has 2 aromatic heterocycles. The molecule has 1 aliphatic heterocycles. The first kappa shape index (κ1) is 21.7. The normalized spacial score (nSPS) is 13.8. The molecule has 1 aliphatic rings. The van der Waals surface area contributed by atoms with Crippen molar-refractivity contribution in [1.82, 2.24) is 9.97 Å². The number of amides is 1. The van der Waals surface area contributed by atoms with Gasteiger partial charge in [0.25, 0.3) is 5.91 Å². The lowest BCUT2D eigenvalue weighted by molar-refractivity contribution is 0.102. The van der Waals surface area contributed by atoms with E-state index in [4.69, 9.17) is 16.3 Å². The molecule has 5 rings (SSSR count). The van der Waals surface area contributed by atoms with Crippen molar-refractivity contribution in [2.24, 2.45) is 0 Å². The van der Waals surface area contributed by atoms with Crippen LogP contribution in [0.25, 0.3) is 22.2 Å². The van der Waals surface area contributed by atoms with Crippen molar-refractivity contribution in [2.45, 2.75) is 6.92 Å². The van der Waals surface area contributed by atoms with Crippen molar-refractivity contribution >= 4 is 51.7 Å². The van der Waals surface area contributed by atoms with Crippen molar-refractivity contribution < 1.29 is 9.53 Å². The molecule has 0 saturated carbocycles. The van der Waals surface area contributed by atoms with E-state index in [1.807, 2.05) is 53.7 Å². The summed E-state index contributed by atoms with van der Waals surface area (Å²) in [5, 5.41) is 4.33. The monoisotopic (exact) mass is 476 g/mol. The number of anilines is 2. The fraction of sp³-hybridized carbons (Fsp3) is 0.160. The lowest BCUT2D eigenvalue weighted by Crippen LogP contribution is -2.25. The van der Waals surface area contributed by atoms with Crippen molar-refractivity contribution in [3.05, 3.63) is 83.1 Å². The number of nitrogens with zero attached hydrogens (tertiary/aromatic N) is 3. The average molecular weight is 477 g/mol. The maximum Gasteiger partial charge on any atom is 0.257 e. The van der Waals surface area contributed by atoms with Crippen LogP contribution in [0.5, 0.6) is 0 Å². The second-order valence-electron chi connectivity index (χ2n) is 7.63. The molecule has 1 amide bonds. The SMILES string of the molecule is Cc1ccc(NC(=O)c2ccc(N3COCCS3)cc2Cl)cc1-c1nccc2ncccc12. The number of nitrogens with one attached hydrogen (secondary N) is 1. The molecule has 0 unspecified atom stereocenters. The highest BCUT2D eigenvalue weighted by atomic mass is 35.5. The highest BCUT2D eigenvalue weighted by Crippen LogP contribution is 2.32. The molecule has 166 valence electrons. The number of halogens is 1. The van der Waals surface area contributed by atoms with Gasteiger partial charge in [-0.15, -0.1) is 0 Å². The van der Waals surface area contributed by atoms with Crippen LogP contribution in [-0.2, 0) is 4.74 Å². The first-order valence-corrected chi connectivity index (χ1v) is 11.8. The van der Waals surface area contributed by atoms with E-state index in [2.05, 4.69) is 15.3 Å². The molecule has 8 heteroatoms. The molecular formula is C25H21ClN4O2S. The molecule has 4 aromatic rings. The van der Waals surface area contributed by atoms with Crippen LogP contribution >= 0.6 is 23.5 Å². The quantitative estimate of drug-likeness (QED) is 0.367. The number of aryl methyl sites for hydroxylation is 1. The van der Waals surface area contributed by atoms with Gasteiger partial charge in [-0.05, 0) is 73.0 Å². The zero-order valence-corrected chi connectivity index (χ0v) is 19.5. The summed E-state index contributed by atoms with van der Waals surface area (Å²) >= 11 is 8.16. The number of carbonyl (C=O) groups is 1. The number of hydrogen-bond donors (Lipinski definition) is 1. The Kier molecular flexibility index (Phi) is 6.17. The van der Waals surface area contributed by atoms with E-state index < -0.39 is 0 Å². The maximum atomic E-state index is 13.0. The van der Waals surface area contributed by atoms with Gasteiger partial charge in [0.05, 0.1) is 34.1 Å². The first-order chi connectivity index (χ1) is 16.1. The lowest BCUT2D eigenvalue weighted by Gasteiger charge is -2.27. The summed E-state index contributed by atoms with van der Waals surface area (Å²) in [6.07, 6.45) is 3.52. The van der Waals surface area contributed by atoms with Crippen LogP contribution in [0.3, 0.4) is 0 Å². The largest absolute Gasteiger partial charge is 0.359 e. The van der Waals surface area contributed by atoms with Gasteiger partial charge in [-0.3, -0.25) is 19.1 Å². The van der Waals surface area contributed by atoms with Gasteiger partial charge in [0.15, 0.2) is 0 Å². The first-order valence-electron chi connectivity index (χ1n) is 10.5. The van der Waals surface area contributed by atoms with E-state index in [9.17, 15) is 4.79 Å². The van der Waals surface area contributed by atoms with Crippen LogP contribution in [0.2, 0.25) is 5.02 Å². The van der Waals surface area contributed by atoms with Gasteiger partial charge in [0.1, 0.15) is 6.73 Å². The third-order valence-corrected chi connectivity index (χ3v) is 6.74. The molecule has 1 N–H and O–H groups in total. The van der Waals surface area contributed by atoms with Gasteiger partial charge < -0.3 is 10.1 Å². The summed E-state index contributed by atoms with van der Waals surface area (Å²) < 4.78 is 7.51. The number of ether oxygens (including phenoxy) is 1. The average Bonchev–Trinajstić information content (AvgIpc) is 2.85. The van der Waals surface area contributed by atoms with Crippen LogP contribution in [0.1, 0.15) is 15.9 Å². The van der Waals surface area contributed by atoms with Crippen molar-refractivity contribution in [1.29, 1.82) is 0 Å². The van der Waals surface area contributed by atoms with Gasteiger partial charge >= 0.3 is 0 Å². The van der Waals surface area contributed by atoms with Gasteiger partial charge in [-0.25, -0.2) is 0 Å². The molecule has 0 atom stereocenters. The fourth-order valence-electron chi connectivity index (χ4n) is 3.75. The summed E-state index contributed by atoms with van der Waals surface area (Å²) in [5.74, 6) is 0.619. The topological polar surface area (TPSA) is 67.4 Å². The molecule has 6 nitrogen and oxygen atoms in total. The van der Waals surface area contributed by atoms with Crippen LogP contribution in [0, 0.1) is 6.92 Å². The molecule has 0 radical (unpaired) electrons. The van der Waals surface area contributed by atoms with Crippen LogP contribution < -0.4 is 9.62 Å². The standard InChI is InChI=1S/C25H21ClN4O2S/c1-16-4-5-17(13-21(16)24-20-3-2-9-27-23(20)8-10-28-24)29-25(31)19-7-6-18(14-22(19)26)30-15-32-11-12-33-30/h2-10,13-14H,11-12,15H2,1H3,(H,29,31). The molecule has 1 fully saturated rings. The molecule has 0 bridgehead atoms. The number of rotatable bonds is 4. The Hall–Kier alpha value is -3.13. The summed E-state index contributed by atoms with van der Waals surface area (Å²) in [4.78, 5) is 22.0. The van der Waals surface area contributed by atoms with Crippen molar-refractivity contribution in [3.63, 3.8) is 0 Å². The Morgan fingerprint density at radius 3 is 2.85 bits per heavy atom. The minimum atomic E-state index is -0.267. The zero-order valence-electron chi connectivity index (χ0n) is 17.9. The Balaban J connectivity index is 1.41. The van der Waals surface area contributed by atoms with E-state index in [-0.39, 0.29) is 5.91 Å². The van der Waals surface area contributed by atoms with Crippen LogP contribution in [0.15, 0.2) is 67.0 Å². The third-order valence-electron chi connectivity index (χ3n) is 5.45. The fourth-order valence-corrected chi connectivity index (χ4v) is 4.84. The van der Waals surface area contributed by atoms with Gasteiger partial charge in [-0.2, -0.15) is 0 Å². The summed E-state index contributed by atoms with van der Waals surface area (Å²) in [7, 11) is 0. The highest BCUT2D eigenvalue weighted by molar-refractivity contribution is 8.00. The van der Waals surface area contributed by atoms with E-state index in [0.717, 1.165) is 45.8 Å². The minimum Gasteiger partial charge on any atom is -0.359 e. The summed E-state index contributed by atoms with van der Waals surface area (Å²) in [6, 6.07) is 17.0. The number of aromatic nitrogens is 2. The van der Waals surface area contributed by atoms with E-state index in [1.165, 1.54) is 0 Å². The highest BCUT2D eigenvalue weighted by Gasteiger charge is 2.17. The number of benzene rings is 2. The van der Waals surface area contributed by atoms with E-state index in [0.29, 0.717) is 23.0 Å².